The molecule has 2 amide bonds. The molecule has 3 aromatic rings. The quantitative estimate of drug-likeness (QED) is 0.471. The summed E-state index contributed by atoms with van der Waals surface area (Å²) in [5.41, 5.74) is 25.0. The second kappa shape index (κ2) is 5.58. The Bertz CT molecular complexity index is 956. The van der Waals surface area contributed by atoms with E-state index in [4.69, 9.17) is 22.9 Å². The number of H-pyrrole nitrogens is 1. The zero-order chi connectivity index (χ0) is 17.4. The molecule has 2 heterocycles. The molecule has 0 aliphatic carbocycles. The lowest BCUT2D eigenvalue weighted by atomic mass is 10.0. The highest BCUT2D eigenvalue weighted by atomic mass is 16.1. The molecule has 0 radical (unpaired) electrons. The number of nitrogens with two attached hydrogens (primary N) is 4. The van der Waals surface area contributed by atoms with Crippen molar-refractivity contribution >= 4 is 34.4 Å². The van der Waals surface area contributed by atoms with Gasteiger partial charge in [0.2, 0.25) is 5.91 Å². The molecule has 8 nitrogen and oxygen atoms in total. The lowest BCUT2D eigenvalue weighted by Crippen LogP contribution is -2.18. The number of fused-ring (bicyclic) bond motifs is 1. The molecule has 0 atom stereocenters. The summed E-state index contributed by atoms with van der Waals surface area (Å²) in [5.74, 6) is -0.561. The molecule has 1 aromatic carbocycles. The number of pyridine rings is 1. The van der Waals surface area contributed by atoms with E-state index in [9.17, 15) is 9.59 Å². The first-order valence-electron chi connectivity index (χ1n) is 7.11. The van der Waals surface area contributed by atoms with Gasteiger partial charge in [-0.15, -0.1) is 0 Å². The molecular formula is C16H16N6O2. The molecule has 0 saturated heterocycles. The first-order chi connectivity index (χ1) is 11.3. The van der Waals surface area contributed by atoms with Gasteiger partial charge in [-0.2, -0.15) is 0 Å². The molecular weight excluding hydrogens is 308 g/mol. The summed E-state index contributed by atoms with van der Waals surface area (Å²) >= 11 is 0. The average molecular weight is 324 g/mol. The van der Waals surface area contributed by atoms with Crippen LogP contribution in [0, 0.1) is 0 Å². The van der Waals surface area contributed by atoms with Crippen molar-refractivity contribution in [2.24, 2.45) is 11.5 Å². The number of carbonyl (C=O) groups excluding carboxylic acids is 2. The SMILES string of the molecule is NC(=O)Cc1[nH]c2cc(-c3cc(N)nc(N)c3)ccc2c1C(N)=O. The third-order valence-corrected chi connectivity index (χ3v) is 3.67. The number of nitrogens with zero attached hydrogens (tertiary/aromatic N) is 1. The summed E-state index contributed by atoms with van der Waals surface area (Å²) in [6, 6.07) is 8.77. The van der Waals surface area contributed by atoms with Gasteiger partial charge in [0.1, 0.15) is 11.6 Å². The van der Waals surface area contributed by atoms with Crippen LogP contribution in [0.15, 0.2) is 30.3 Å². The van der Waals surface area contributed by atoms with E-state index in [1.54, 1.807) is 18.2 Å². The summed E-state index contributed by atoms with van der Waals surface area (Å²) in [5, 5.41) is 0.623. The second-order valence-corrected chi connectivity index (χ2v) is 5.45. The molecule has 3 rings (SSSR count). The third kappa shape index (κ3) is 2.72. The molecule has 0 aliphatic heterocycles. The van der Waals surface area contributed by atoms with Crippen LogP contribution < -0.4 is 22.9 Å². The molecule has 0 bridgehead atoms. The molecule has 0 spiro atoms. The fourth-order valence-electron chi connectivity index (χ4n) is 2.76. The highest BCUT2D eigenvalue weighted by Gasteiger charge is 2.18. The van der Waals surface area contributed by atoms with Crippen LogP contribution in [0.3, 0.4) is 0 Å². The Hall–Kier alpha value is -3.55. The van der Waals surface area contributed by atoms with Crippen molar-refractivity contribution in [3.63, 3.8) is 0 Å². The van der Waals surface area contributed by atoms with E-state index in [-0.39, 0.29) is 12.0 Å². The summed E-state index contributed by atoms with van der Waals surface area (Å²) in [6.07, 6.45) is -0.0998. The highest BCUT2D eigenvalue weighted by Crippen LogP contribution is 2.29. The lowest BCUT2D eigenvalue weighted by molar-refractivity contribution is -0.117. The van der Waals surface area contributed by atoms with Crippen LogP contribution in [-0.2, 0) is 11.2 Å². The molecule has 9 N–H and O–H groups in total. The number of amides is 2. The summed E-state index contributed by atoms with van der Waals surface area (Å²) in [6.45, 7) is 0. The maximum atomic E-state index is 11.7. The second-order valence-electron chi connectivity index (χ2n) is 5.45. The number of hydrogen-bond acceptors (Lipinski definition) is 5. The Morgan fingerprint density at radius 3 is 2.25 bits per heavy atom. The number of primary amides is 2. The number of hydrogen-bond donors (Lipinski definition) is 5. The van der Waals surface area contributed by atoms with E-state index in [0.717, 1.165) is 11.1 Å². The number of benzene rings is 1. The van der Waals surface area contributed by atoms with Crippen LogP contribution in [0.1, 0.15) is 16.1 Å². The number of aromatic amines is 1. The van der Waals surface area contributed by atoms with Crippen molar-refractivity contribution in [1.82, 2.24) is 9.97 Å². The Morgan fingerprint density at radius 1 is 1.00 bits per heavy atom. The number of carbonyl (C=O) groups is 2. The zero-order valence-electron chi connectivity index (χ0n) is 12.7. The fourth-order valence-corrected chi connectivity index (χ4v) is 2.76. The smallest absolute Gasteiger partial charge is 0.251 e. The highest BCUT2D eigenvalue weighted by molar-refractivity contribution is 6.08. The largest absolute Gasteiger partial charge is 0.384 e. The Labute approximate surface area is 136 Å². The fraction of sp³-hybridized carbons (Fsp3) is 0.0625. The van der Waals surface area contributed by atoms with Gasteiger partial charge in [0.15, 0.2) is 0 Å². The molecule has 0 aliphatic rings. The van der Waals surface area contributed by atoms with Crippen LogP contribution in [0.25, 0.3) is 22.0 Å². The predicted molar refractivity (Wildman–Crippen MR) is 91.8 cm³/mol. The third-order valence-electron chi connectivity index (χ3n) is 3.67. The average Bonchev–Trinajstić information content (AvgIpc) is 2.82. The Morgan fingerprint density at radius 2 is 1.67 bits per heavy atom. The van der Waals surface area contributed by atoms with Gasteiger partial charge in [0.25, 0.3) is 5.91 Å². The van der Waals surface area contributed by atoms with Crippen molar-refractivity contribution in [1.29, 1.82) is 0 Å². The Balaban J connectivity index is 2.18. The Kier molecular flexibility index (Phi) is 3.57. The number of nitrogens with one attached hydrogen (secondary N) is 1. The lowest BCUT2D eigenvalue weighted by Gasteiger charge is -2.05. The van der Waals surface area contributed by atoms with Crippen molar-refractivity contribution in [2.75, 3.05) is 11.5 Å². The minimum Gasteiger partial charge on any atom is -0.384 e. The molecule has 0 unspecified atom stereocenters. The monoisotopic (exact) mass is 324 g/mol. The van der Waals surface area contributed by atoms with Crippen LogP contribution in [0.4, 0.5) is 11.6 Å². The van der Waals surface area contributed by atoms with Crippen LogP contribution >= 0.6 is 0 Å². The van der Waals surface area contributed by atoms with Gasteiger partial charge >= 0.3 is 0 Å². The maximum absolute atomic E-state index is 11.7. The topological polar surface area (TPSA) is 167 Å². The normalized spacial score (nSPS) is 10.8. The molecule has 8 heteroatoms. The minimum absolute atomic E-state index is 0.0998. The molecule has 2 aromatic heterocycles. The van der Waals surface area contributed by atoms with Gasteiger partial charge < -0.3 is 27.9 Å². The summed E-state index contributed by atoms with van der Waals surface area (Å²) in [7, 11) is 0. The summed E-state index contributed by atoms with van der Waals surface area (Å²) < 4.78 is 0. The van der Waals surface area contributed by atoms with Gasteiger partial charge in [-0.3, -0.25) is 9.59 Å². The molecule has 24 heavy (non-hydrogen) atoms. The number of aromatic nitrogens is 2. The minimum atomic E-state index is -0.623. The number of nitrogen functional groups attached to an aromatic ring is 2. The zero-order valence-corrected chi connectivity index (χ0v) is 12.7. The molecule has 122 valence electrons. The van der Waals surface area contributed by atoms with E-state index < -0.39 is 11.8 Å². The van der Waals surface area contributed by atoms with Gasteiger partial charge in [0.05, 0.1) is 12.0 Å². The predicted octanol–water partition coefficient (Wildman–Crippen LogP) is 0.521. The molecule has 0 fully saturated rings. The van der Waals surface area contributed by atoms with Crippen molar-refractivity contribution in [2.45, 2.75) is 6.42 Å². The standard InChI is InChI=1S/C16H16N6O2/c17-12-4-8(5-13(18)22-12)7-1-2-9-10(3-7)21-11(6-14(19)23)15(9)16(20)24/h1-5,21H,6H2,(H2,19,23)(H2,20,24)(H4,17,18,22). The van der Waals surface area contributed by atoms with Crippen LogP contribution in [0.2, 0.25) is 0 Å². The van der Waals surface area contributed by atoms with E-state index in [1.807, 2.05) is 12.1 Å². The van der Waals surface area contributed by atoms with Crippen molar-refractivity contribution in [3.05, 3.63) is 41.6 Å². The maximum Gasteiger partial charge on any atom is 0.251 e. The van der Waals surface area contributed by atoms with Gasteiger partial charge in [-0.05, 0) is 29.3 Å². The van der Waals surface area contributed by atoms with E-state index in [2.05, 4.69) is 9.97 Å². The number of rotatable bonds is 4. The van der Waals surface area contributed by atoms with Crippen LogP contribution in [0.5, 0.6) is 0 Å². The molecule has 0 saturated carbocycles. The van der Waals surface area contributed by atoms with E-state index in [0.29, 0.717) is 28.2 Å². The van der Waals surface area contributed by atoms with Gasteiger partial charge in [-0.25, -0.2) is 4.98 Å². The number of anilines is 2. The van der Waals surface area contributed by atoms with Gasteiger partial charge in [-0.1, -0.05) is 12.1 Å². The van der Waals surface area contributed by atoms with Crippen molar-refractivity contribution in [3.8, 4) is 11.1 Å². The van der Waals surface area contributed by atoms with Crippen LogP contribution in [-0.4, -0.2) is 21.8 Å². The summed E-state index contributed by atoms with van der Waals surface area (Å²) in [4.78, 5) is 29.9. The first-order valence-corrected chi connectivity index (χ1v) is 7.11. The van der Waals surface area contributed by atoms with E-state index in [1.165, 1.54) is 0 Å². The van der Waals surface area contributed by atoms with Crippen molar-refractivity contribution < 1.29 is 9.59 Å². The first kappa shape index (κ1) is 15.3. The van der Waals surface area contributed by atoms with Gasteiger partial charge in [0, 0.05) is 16.6 Å². The van der Waals surface area contributed by atoms with E-state index >= 15 is 0 Å².